The van der Waals surface area contributed by atoms with Crippen LogP contribution >= 0.6 is 0 Å². The van der Waals surface area contributed by atoms with Gasteiger partial charge in [0.2, 0.25) is 0 Å². The standard InChI is InChI=1S/C14H23N3O3/c1-14(2,12(18)19)17(10-6-9-15)13(20)16-11-7-4-3-5-8-11/h11H,3-8,10H2,1-2H3,(H,16,20)(H,18,19). The van der Waals surface area contributed by atoms with E-state index in [4.69, 9.17) is 5.26 Å². The van der Waals surface area contributed by atoms with Crippen LogP contribution in [0.1, 0.15) is 52.4 Å². The summed E-state index contributed by atoms with van der Waals surface area (Å²) in [7, 11) is 0. The van der Waals surface area contributed by atoms with Gasteiger partial charge < -0.3 is 15.3 Å². The minimum atomic E-state index is -1.32. The van der Waals surface area contributed by atoms with Crippen LogP contribution in [0.5, 0.6) is 0 Å². The molecule has 0 aromatic heterocycles. The van der Waals surface area contributed by atoms with Crippen LogP contribution in [-0.4, -0.2) is 40.1 Å². The summed E-state index contributed by atoms with van der Waals surface area (Å²) >= 11 is 0. The number of amides is 2. The van der Waals surface area contributed by atoms with Gasteiger partial charge in [0.1, 0.15) is 5.54 Å². The highest BCUT2D eigenvalue weighted by Crippen LogP contribution is 2.20. The molecule has 0 aromatic rings. The SMILES string of the molecule is CC(C)(C(=O)O)N(CCC#N)C(=O)NC1CCCCC1. The van der Waals surface area contributed by atoms with E-state index in [9.17, 15) is 14.7 Å². The lowest BCUT2D eigenvalue weighted by molar-refractivity contribution is -0.147. The van der Waals surface area contributed by atoms with Crippen molar-refractivity contribution in [3.63, 3.8) is 0 Å². The lowest BCUT2D eigenvalue weighted by atomic mass is 9.95. The van der Waals surface area contributed by atoms with Crippen LogP contribution in [0, 0.1) is 11.3 Å². The van der Waals surface area contributed by atoms with Crippen molar-refractivity contribution in [1.29, 1.82) is 5.26 Å². The molecule has 20 heavy (non-hydrogen) atoms. The number of aliphatic carboxylic acids is 1. The maximum Gasteiger partial charge on any atom is 0.329 e. The Labute approximate surface area is 119 Å². The van der Waals surface area contributed by atoms with Gasteiger partial charge in [0.15, 0.2) is 0 Å². The van der Waals surface area contributed by atoms with Crippen molar-refractivity contribution in [2.24, 2.45) is 0 Å². The number of carboxylic acids is 1. The van der Waals surface area contributed by atoms with E-state index in [0.29, 0.717) is 0 Å². The first-order chi connectivity index (χ1) is 9.39. The second kappa shape index (κ2) is 7.13. The molecule has 0 unspecified atom stereocenters. The molecule has 0 heterocycles. The Hall–Kier alpha value is -1.77. The quantitative estimate of drug-likeness (QED) is 0.807. The minimum Gasteiger partial charge on any atom is -0.480 e. The Kier molecular flexibility index (Phi) is 5.81. The molecule has 0 radical (unpaired) electrons. The molecule has 1 aliphatic rings. The van der Waals surface area contributed by atoms with Crippen LogP contribution < -0.4 is 5.32 Å². The molecule has 1 rings (SSSR count). The molecule has 112 valence electrons. The summed E-state index contributed by atoms with van der Waals surface area (Å²) in [5.74, 6) is -1.07. The predicted molar refractivity (Wildman–Crippen MR) is 74.1 cm³/mol. The zero-order valence-corrected chi connectivity index (χ0v) is 12.2. The third-order valence-electron chi connectivity index (χ3n) is 3.82. The van der Waals surface area contributed by atoms with Gasteiger partial charge in [-0.2, -0.15) is 5.26 Å². The normalized spacial score (nSPS) is 16.2. The topological polar surface area (TPSA) is 93.4 Å². The molecule has 2 N–H and O–H groups in total. The van der Waals surface area contributed by atoms with Crippen molar-refractivity contribution in [2.75, 3.05) is 6.54 Å². The summed E-state index contributed by atoms with van der Waals surface area (Å²) in [5.41, 5.74) is -1.32. The molecule has 0 spiro atoms. The van der Waals surface area contributed by atoms with Gasteiger partial charge in [-0.15, -0.1) is 0 Å². The number of carbonyl (C=O) groups is 2. The highest BCUT2D eigenvalue weighted by Gasteiger charge is 2.38. The van der Waals surface area contributed by atoms with Crippen LogP contribution in [0.3, 0.4) is 0 Å². The van der Waals surface area contributed by atoms with E-state index in [1.54, 1.807) is 0 Å². The molecule has 2 amide bonds. The number of urea groups is 1. The van der Waals surface area contributed by atoms with E-state index in [-0.39, 0.29) is 25.0 Å². The fraction of sp³-hybridized carbons (Fsp3) is 0.786. The third-order valence-corrected chi connectivity index (χ3v) is 3.82. The maximum atomic E-state index is 12.3. The lowest BCUT2D eigenvalue weighted by Crippen LogP contribution is -2.58. The van der Waals surface area contributed by atoms with Crippen LogP contribution in [0.4, 0.5) is 4.79 Å². The number of carboxylic acid groups (broad SMARTS) is 1. The van der Waals surface area contributed by atoms with E-state index in [1.165, 1.54) is 25.2 Å². The fourth-order valence-electron chi connectivity index (χ4n) is 2.41. The number of nitrogens with zero attached hydrogens (tertiary/aromatic N) is 2. The van der Waals surface area contributed by atoms with E-state index < -0.39 is 11.5 Å². The summed E-state index contributed by atoms with van der Waals surface area (Å²) in [6, 6.07) is 1.68. The highest BCUT2D eigenvalue weighted by molar-refractivity contribution is 5.85. The van der Waals surface area contributed by atoms with E-state index in [0.717, 1.165) is 25.7 Å². The molecule has 0 bridgehead atoms. The van der Waals surface area contributed by atoms with Gasteiger partial charge in [-0.3, -0.25) is 0 Å². The monoisotopic (exact) mass is 281 g/mol. The first-order valence-corrected chi connectivity index (χ1v) is 7.08. The minimum absolute atomic E-state index is 0.116. The van der Waals surface area contributed by atoms with Crippen molar-refractivity contribution in [3.8, 4) is 6.07 Å². The largest absolute Gasteiger partial charge is 0.480 e. The summed E-state index contributed by atoms with van der Waals surface area (Å²) < 4.78 is 0. The van der Waals surface area contributed by atoms with E-state index in [2.05, 4.69) is 5.32 Å². The van der Waals surface area contributed by atoms with Gasteiger partial charge in [-0.25, -0.2) is 9.59 Å². The number of carbonyl (C=O) groups excluding carboxylic acids is 1. The predicted octanol–water partition coefficient (Wildman–Crippen LogP) is 2.11. The Morgan fingerprint density at radius 2 is 1.95 bits per heavy atom. The highest BCUT2D eigenvalue weighted by atomic mass is 16.4. The van der Waals surface area contributed by atoms with E-state index in [1.807, 2.05) is 6.07 Å². The average molecular weight is 281 g/mol. The summed E-state index contributed by atoms with van der Waals surface area (Å²) in [6.45, 7) is 3.08. The van der Waals surface area contributed by atoms with Crippen molar-refractivity contribution in [2.45, 2.75) is 64.0 Å². The Morgan fingerprint density at radius 1 is 1.35 bits per heavy atom. The van der Waals surface area contributed by atoms with Crippen molar-refractivity contribution < 1.29 is 14.7 Å². The van der Waals surface area contributed by atoms with Gasteiger partial charge >= 0.3 is 12.0 Å². The van der Waals surface area contributed by atoms with Crippen LogP contribution in [0.15, 0.2) is 0 Å². The summed E-state index contributed by atoms with van der Waals surface area (Å²) in [4.78, 5) is 24.9. The molecule has 0 aliphatic heterocycles. The summed E-state index contributed by atoms with van der Waals surface area (Å²) in [5, 5.41) is 20.8. The molecule has 0 aromatic carbocycles. The van der Waals surface area contributed by atoms with E-state index >= 15 is 0 Å². The molecule has 1 fully saturated rings. The zero-order chi connectivity index (χ0) is 15.2. The molecular formula is C14H23N3O3. The number of nitriles is 1. The van der Waals surface area contributed by atoms with Crippen molar-refractivity contribution in [1.82, 2.24) is 10.2 Å². The van der Waals surface area contributed by atoms with Crippen LogP contribution in [-0.2, 0) is 4.79 Å². The van der Waals surface area contributed by atoms with Gasteiger partial charge in [0, 0.05) is 12.6 Å². The molecule has 0 atom stereocenters. The lowest BCUT2D eigenvalue weighted by Gasteiger charge is -2.36. The van der Waals surface area contributed by atoms with Gasteiger partial charge in [-0.1, -0.05) is 19.3 Å². The Bertz CT molecular complexity index is 395. The number of rotatable bonds is 5. The summed E-state index contributed by atoms with van der Waals surface area (Å²) in [6.07, 6.45) is 5.35. The molecule has 6 heteroatoms. The number of hydrogen-bond donors (Lipinski definition) is 2. The van der Waals surface area contributed by atoms with Gasteiger partial charge in [-0.05, 0) is 26.7 Å². The Morgan fingerprint density at radius 3 is 2.45 bits per heavy atom. The fourth-order valence-corrected chi connectivity index (χ4v) is 2.41. The first kappa shape index (κ1) is 16.3. The zero-order valence-electron chi connectivity index (χ0n) is 12.2. The maximum absolute atomic E-state index is 12.3. The van der Waals surface area contributed by atoms with Gasteiger partial charge in [0.25, 0.3) is 0 Å². The second-order valence-electron chi connectivity index (χ2n) is 5.71. The molecule has 0 saturated heterocycles. The molecular weight excluding hydrogens is 258 g/mol. The Balaban J connectivity index is 2.73. The first-order valence-electron chi connectivity index (χ1n) is 7.08. The van der Waals surface area contributed by atoms with Crippen LogP contribution in [0.2, 0.25) is 0 Å². The average Bonchev–Trinajstić information content (AvgIpc) is 2.39. The van der Waals surface area contributed by atoms with Crippen molar-refractivity contribution >= 4 is 12.0 Å². The van der Waals surface area contributed by atoms with Crippen molar-refractivity contribution in [3.05, 3.63) is 0 Å². The van der Waals surface area contributed by atoms with Gasteiger partial charge in [0.05, 0.1) is 12.5 Å². The molecule has 6 nitrogen and oxygen atoms in total. The number of hydrogen-bond acceptors (Lipinski definition) is 3. The second-order valence-corrected chi connectivity index (χ2v) is 5.71. The van der Waals surface area contributed by atoms with Crippen LogP contribution in [0.25, 0.3) is 0 Å². The number of nitrogens with one attached hydrogen (secondary N) is 1. The molecule has 1 saturated carbocycles. The smallest absolute Gasteiger partial charge is 0.329 e. The third kappa shape index (κ3) is 4.12. The molecule has 1 aliphatic carbocycles.